The van der Waals surface area contributed by atoms with Crippen molar-refractivity contribution in [1.82, 2.24) is 10.3 Å². The summed E-state index contributed by atoms with van der Waals surface area (Å²) >= 11 is 0. The summed E-state index contributed by atoms with van der Waals surface area (Å²) in [6.45, 7) is 8.21. The molecule has 0 aliphatic rings. The van der Waals surface area contributed by atoms with Crippen LogP contribution in [0.15, 0.2) is 83.9 Å². The van der Waals surface area contributed by atoms with Crippen LogP contribution in [0, 0.1) is 0 Å². The Kier molecular flexibility index (Phi) is 8.36. The number of hydrogen-bond acceptors (Lipinski definition) is 6. The summed E-state index contributed by atoms with van der Waals surface area (Å²) < 4.78 is 48.2. The molecule has 0 fully saturated rings. The molecule has 4 aromatic rings. The molecule has 0 saturated carbocycles. The number of sulfone groups is 2. The second kappa shape index (κ2) is 11.3. The van der Waals surface area contributed by atoms with Crippen molar-refractivity contribution >= 4 is 42.2 Å². The Labute approximate surface area is 238 Å². The quantitative estimate of drug-likeness (QED) is 0.241. The van der Waals surface area contributed by atoms with E-state index in [4.69, 9.17) is 0 Å². The molecular weight excluding hydrogens is 540 g/mol. The number of aromatic nitrogens is 1. The molecule has 4 rings (SSSR count). The van der Waals surface area contributed by atoms with E-state index in [-0.39, 0.29) is 10.9 Å². The number of fused-ring (bicyclic) bond motifs is 1. The smallest absolute Gasteiger partial charge is 0.175 e. The molecule has 6 nitrogen and oxygen atoms in total. The van der Waals surface area contributed by atoms with Crippen LogP contribution in [0.4, 0.5) is 0 Å². The number of benzene rings is 3. The van der Waals surface area contributed by atoms with Crippen molar-refractivity contribution in [3.05, 3.63) is 95.7 Å². The highest BCUT2D eigenvalue weighted by atomic mass is 32.2. The zero-order valence-corrected chi connectivity index (χ0v) is 25.4. The summed E-state index contributed by atoms with van der Waals surface area (Å²) in [7, 11) is -6.66. The van der Waals surface area contributed by atoms with Gasteiger partial charge in [-0.3, -0.25) is 4.98 Å². The summed E-state index contributed by atoms with van der Waals surface area (Å²) in [5, 5.41) is 4.34. The Morgan fingerprint density at radius 2 is 1.62 bits per heavy atom. The normalized spacial score (nSPS) is 13.2. The second-order valence-electron chi connectivity index (χ2n) is 11.0. The maximum atomic E-state index is 12.7. The van der Waals surface area contributed by atoms with Crippen LogP contribution in [-0.2, 0) is 24.4 Å². The molecule has 8 heteroatoms. The van der Waals surface area contributed by atoms with E-state index in [1.165, 1.54) is 12.5 Å². The van der Waals surface area contributed by atoms with E-state index in [1.54, 1.807) is 32.2 Å². The van der Waals surface area contributed by atoms with Gasteiger partial charge in [-0.05, 0) is 84.1 Å². The highest BCUT2D eigenvalue weighted by molar-refractivity contribution is 7.91. The fourth-order valence-electron chi connectivity index (χ4n) is 4.44. The zero-order valence-electron chi connectivity index (χ0n) is 23.8. The Hall–Kier alpha value is -3.33. The first kappa shape index (κ1) is 29.6. The van der Waals surface area contributed by atoms with E-state index in [9.17, 15) is 16.8 Å². The molecule has 0 aliphatic carbocycles. The van der Waals surface area contributed by atoms with Crippen molar-refractivity contribution in [1.29, 1.82) is 0 Å². The SMILES string of the molecule is CC(C)NC/C(=C/c1cccc(-c2cc(C(C)(C)S(C)(=O)=O)cc3cccnc23)c1)c1ccc(S(C)(=O)=O)cc1. The summed E-state index contributed by atoms with van der Waals surface area (Å²) in [6.07, 6.45) is 6.30. The van der Waals surface area contributed by atoms with Gasteiger partial charge in [0, 0.05) is 42.2 Å². The summed E-state index contributed by atoms with van der Waals surface area (Å²) in [6, 6.07) is 22.9. The van der Waals surface area contributed by atoms with E-state index in [2.05, 4.69) is 36.3 Å². The van der Waals surface area contributed by atoms with Gasteiger partial charge in [0.25, 0.3) is 0 Å². The van der Waals surface area contributed by atoms with Crippen LogP contribution in [0.5, 0.6) is 0 Å². The lowest BCUT2D eigenvalue weighted by Crippen LogP contribution is -2.28. The first-order valence-electron chi connectivity index (χ1n) is 13.1. The van der Waals surface area contributed by atoms with Gasteiger partial charge in [0.15, 0.2) is 19.7 Å². The first-order valence-corrected chi connectivity index (χ1v) is 16.9. The molecule has 0 aliphatic heterocycles. The summed E-state index contributed by atoms with van der Waals surface area (Å²) in [5.41, 5.74) is 6.19. The Bertz CT molecular complexity index is 1790. The molecule has 0 radical (unpaired) electrons. The molecular formula is C32H36N2O4S2. The number of pyridine rings is 1. The average molecular weight is 577 g/mol. The zero-order chi connectivity index (χ0) is 29.3. The molecule has 0 saturated heterocycles. The lowest BCUT2D eigenvalue weighted by Gasteiger charge is -2.24. The first-order chi connectivity index (χ1) is 18.7. The van der Waals surface area contributed by atoms with E-state index in [1.807, 2.05) is 54.6 Å². The van der Waals surface area contributed by atoms with Crippen LogP contribution in [-0.4, -0.2) is 46.9 Å². The van der Waals surface area contributed by atoms with E-state index in [0.29, 0.717) is 12.1 Å². The largest absolute Gasteiger partial charge is 0.310 e. The van der Waals surface area contributed by atoms with Crippen LogP contribution < -0.4 is 5.32 Å². The Morgan fingerprint density at radius 3 is 2.25 bits per heavy atom. The number of rotatable bonds is 9. The molecule has 0 spiro atoms. The maximum absolute atomic E-state index is 12.7. The van der Waals surface area contributed by atoms with Crippen LogP contribution in [0.25, 0.3) is 33.7 Å². The number of nitrogens with zero attached hydrogens (tertiary/aromatic N) is 1. The average Bonchev–Trinajstić information content (AvgIpc) is 2.89. The predicted molar refractivity (Wildman–Crippen MR) is 166 cm³/mol. The second-order valence-corrected chi connectivity index (χ2v) is 15.6. The van der Waals surface area contributed by atoms with Crippen molar-refractivity contribution in [2.75, 3.05) is 19.1 Å². The lowest BCUT2D eigenvalue weighted by atomic mass is 9.92. The highest BCUT2D eigenvalue weighted by Gasteiger charge is 2.33. The minimum absolute atomic E-state index is 0.267. The van der Waals surface area contributed by atoms with Gasteiger partial charge in [-0.1, -0.05) is 50.2 Å². The number of hydrogen-bond donors (Lipinski definition) is 1. The third-order valence-corrected chi connectivity index (χ3v) is 10.4. The van der Waals surface area contributed by atoms with Crippen LogP contribution in [0.1, 0.15) is 44.4 Å². The van der Waals surface area contributed by atoms with Gasteiger partial charge in [-0.15, -0.1) is 0 Å². The van der Waals surface area contributed by atoms with Crippen molar-refractivity contribution in [3.63, 3.8) is 0 Å². The van der Waals surface area contributed by atoms with Gasteiger partial charge in [0.1, 0.15) is 0 Å². The molecule has 1 N–H and O–H groups in total. The molecule has 0 amide bonds. The maximum Gasteiger partial charge on any atom is 0.175 e. The van der Waals surface area contributed by atoms with Gasteiger partial charge >= 0.3 is 0 Å². The molecule has 0 bridgehead atoms. The molecule has 210 valence electrons. The van der Waals surface area contributed by atoms with Crippen molar-refractivity contribution in [2.45, 2.75) is 43.4 Å². The topological polar surface area (TPSA) is 93.2 Å². The Morgan fingerprint density at radius 1 is 0.925 bits per heavy atom. The number of nitrogens with one attached hydrogen (secondary N) is 1. The van der Waals surface area contributed by atoms with Gasteiger partial charge in [-0.25, -0.2) is 16.8 Å². The summed E-state index contributed by atoms with van der Waals surface area (Å²) in [5.74, 6) is 0. The fourth-order valence-corrected chi connectivity index (χ4v) is 5.61. The third kappa shape index (κ3) is 6.52. The molecule has 1 heterocycles. The molecule has 40 heavy (non-hydrogen) atoms. The monoisotopic (exact) mass is 576 g/mol. The van der Waals surface area contributed by atoms with Crippen LogP contribution >= 0.6 is 0 Å². The predicted octanol–water partition coefficient (Wildman–Crippen LogP) is 6.12. The van der Waals surface area contributed by atoms with Crippen molar-refractivity contribution in [3.8, 4) is 11.1 Å². The van der Waals surface area contributed by atoms with E-state index >= 15 is 0 Å². The third-order valence-electron chi connectivity index (χ3n) is 7.22. The van der Waals surface area contributed by atoms with Gasteiger partial charge in [0.05, 0.1) is 15.2 Å². The van der Waals surface area contributed by atoms with Crippen molar-refractivity contribution < 1.29 is 16.8 Å². The van der Waals surface area contributed by atoms with Gasteiger partial charge < -0.3 is 5.32 Å². The highest BCUT2D eigenvalue weighted by Crippen LogP contribution is 2.36. The van der Waals surface area contributed by atoms with E-state index < -0.39 is 24.4 Å². The molecule has 3 aromatic carbocycles. The fraction of sp³-hybridized carbons (Fsp3) is 0.281. The van der Waals surface area contributed by atoms with Crippen molar-refractivity contribution in [2.24, 2.45) is 0 Å². The molecule has 0 atom stereocenters. The van der Waals surface area contributed by atoms with Crippen LogP contribution in [0.2, 0.25) is 0 Å². The Balaban J connectivity index is 1.85. The van der Waals surface area contributed by atoms with Gasteiger partial charge in [0.2, 0.25) is 0 Å². The summed E-state index contributed by atoms with van der Waals surface area (Å²) in [4.78, 5) is 4.92. The van der Waals surface area contributed by atoms with Gasteiger partial charge in [-0.2, -0.15) is 0 Å². The standard InChI is InChI=1S/C32H36N2O4S2/c1-22(2)34-21-27(24-12-14-29(15-13-24)39(5,35)36)18-23-9-7-10-25(17-23)30-20-28(32(3,4)40(6,37)38)19-26-11-8-16-33-31(26)30/h7-20,22,34H,21H2,1-6H3/b27-18-. The van der Waals surface area contributed by atoms with E-state index in [0.717, 1.165) is 38.7 Å². The lowest BCUT2D eigenvalue weighted by molar-refractivity contribution is 0.561. The molecule has 1 aromatic heterocycles. The minimum Gasteiger partial charge on any atom is -0.310 e. The molecule has 0 unspecified atom stereocenters. The minimum atomic E-state index is -3.38. The van der Waals surface area contributed by atoms with Crippen LogP contribution in [0.3, 0.4) is 0 Å².